The molecule has 5 rings (SSSR count). The van der Waals surface area contributed by atoms with Crippen LogP contribution in [0.2, 0.25) is 0 Å². The fourth-order valence-electron chi connectivity index (χ4n) is 5.99. The molecule has 4 heterocycles. The summed E-state index contributed by atoms with van der Waals surface area (Å²) in [6.45, 7) is 5.25. The van der Waals surface area contributed by atoms with Gasteiger partial charge < -0.3 is 29.7 Å². The van der Waals surface area contributed by atoms with Crippen LogP contribution in [0, 0.1) is 0 Å². The molecule has 4 aliphatic heterocycles. The van der Waals surface area contributed by atoms with E-state index in [0.29, 0.717) is 50.0 Å². The number of piperazine rings is 1. The molecule has 3 amide bonds. The monoisotopic (exact) mass is 514 g/mol. The Bertz CT molecular complexity index is 983. The Morgan fingerprint density at radius 1 is 1.03 bits per heavy atom. The zero-order valence-corrected chi connectivity index (χ0v) is 21.5. The van der Waals surface area contributed by atoms with Crippen molar-refractivity contribution >= 4 is 17.7 Å². The molecule has 0 aliphatic carbocycles. The summed E-state index contributed by atoms with van der Waals surface area (Å²) >= 11 is 0. The minimum atomic E-state index is -0.640. The highest BCUT2D eigenvalue weighted by Gasteiger charge is 2.40. The van der Waals surface area contributed by atoms with Crippen LogP contribution < -0.4 is 15.4 Å². The predicted octanol–water partition coefficient (Wildman–Crippen LogP) is 0.943. The third-order valence-corrected chi connectivity index (χ3v) is 7.98. The quantitative estimate of drug-likeness (QED) is 0.605. The van der Waals surface area contributed by atoms with Gasteiger partial charge in [0, 0.05) is 58.8 Å². The zero-order valence-electron chi connectivity index (χ0n) is 21.5. The van der Waals surface area contributed by atoms with Crippen LogP contribution in [0.3, 0.4) is 0 Å². The van der Waals surface area contributed by atoms with E-state index in [1.165, 1.54) is 6.92 Å². The van der Waals surface area contributed by atoms with Gasteiger partial charge in [-0.15, -0.1) is 0 Å². The van der Waals surface area contributed by atoms with Gasteiger partial charge >= 0.3 is 0 Å². The normalized spacial score (nSPS) is 30.2. The molecule has 0 aromatic heterocycles. The fourth-order valence-corrected chi connectivity index (χ4v) is 5.99. The maximum Gasteiger partial charge on any atom is 0.258 e. The molecule has 0 spiro atoms. The Hall–Kier alpha value is -2.69. The van der Waals surface area contributed by atoms with Crippen LogP contribution in [0.5, 0.6) is 5.75 Å². The van der Waals surface area contributed by atoms with Gasteiger partial charge in [-0.05, 0) is 37.8 Å². The molecule has 1 aromatic carbocycles. The van der Waals surface area contributed by atoms with Crippen molar-refractivity contribution in [2.24, 2.45) is 0 Å². The first-order chi connectivity index (χ1) is 18.0. The average molecular weight is 515 g/mol. The summed E-state index contributed by atoms with van der Waals surface area (Å²) in [6.07, 6.45) is 3.67. The minimum Gasteiger partial charge on any atom is -0.493 e. The molecule has 4 aliphatic rings. The lowest BCUT2D eigenvalue weighted by atomic mass is 9.96. The molecule has 2 bridgehead atoms. The van der Waals surface area contributed by atoms with Gasteiger partial charge in [-0.1, -0.05) is 12.1 Å². The van der Waals surface area contributed by atoms with Crippen LogP contribution in [-0.4, -0.2) is 104 Å². The number of benzene rings is 1. The maximum absolute atomic E-state index is 13.8. The van der Waals surface area contributed by atoms with Gasteiger partial charge in [0.2, 0.25) is 11.8 Å². The first-order valence-electron chi connectivity index (χ1n) is 13.5. The molecule has 0 unspecified atom stereocenters. The van der Waals surface area contributed by atoms with Crippen LogP contribution in [0.25, 0.3) is 0 Å². The number of ether oxygens (including phenoxy) is 3. The van der Waals surface area contributed by atoms with Crippen molar-refractivity contribution in [2.45, 2.75) is 69.4 Å². The highest BCUT2D eigenvalue weighted by molar-refractivity contribution is 6.00. The number of rotatable bonds is 2. The van der Waals surface area contributed by atoms with Gasteiger partial charge in [0.25, 0.3) is 5.91 Å². The summed E-state index contributed by atoms with van der Waals surface area (Å²) in [5.41, 5.74) is 0.477. The van der Waals surface area contributed by atoms with E-state index in [4.69, 9.17) is 14.2 Å². The summed E-state index contributed by atoms with van der Waals surface area (Å²) in [4.78, 5) is 43.3. The first kappa shape index (κ1) is 25.9. The highest BCUT2D eigenvalue weighted by Crippen LogP contribution is 2.27. The number of amides is 3. The van der Waals surface area contributed by atoms with Gasteiger partial charge in [0.05, 0.1) is 30.4 Å². The van der Waals surface area contributed by atoms with Gasteiger partial charge in [-0.25, -0.2) is 0 Å². The number of nitrogens with zero attached hydrogens (tertiary/aromatic N) is 2. The fraction of sp³-hybridized carbons (Fsp3) is 0.667. The van der Waals surface area contributed by atoms with Crippen molar-refractivity contribution in [3.63, 3.8) is 0 Å². The molecule has 0 radical (unpaired) electrons. The largest absolute Gasteiger partial charge is 0.493 e. The molecule has 10 heteroatoms. The average Bonchev–Trinajstić information content (AvgIpc) is 2.92. The van der Waals surface area contributed by atoms with Crippen LogP contribution in [0.15, 0.2) is 24.3 Å². The molecule has 4 atom stereocenters. The molecule has 3 saturated heterocycles. The molecule has 2 N–H and O–H groups in total. The topological polar surface area (TPSA) is 109 Å². The maximum atomic E-state index is 13.8. The summed E-state index contributed by atoms with van der Waals surface area (Å²) in [5, 5.41) is 6.05. The Morgan fingerprint density at radius 3 is 2.65 bits per heavy atom. The summed E-state index contributed by atoms with van der Waals surface area (Å²) in [5.74, 6) is 0.0211. The van der Waals surface area contributed by atoms with Crippen LogP contribution in [-0.2, 0) is 19.1 Å². The molecule has 37 heavy (non-hydrogen) atoms. The zero-order chi connectivity index (χ0) is 25.8. The minimum absolute atomic E-state index is 0.0482. The SMILES string of the molecule is CC(=O)N[C@@H]1CC[C@H]2CCOc3ccccc3C(=O)N3CCN(C4CCOCC4)C[C@H]3C(=O)NC[C@H]1O2. The standard InChI is InChI=1S/C27H38N4O6/c1-18(32)29-22-7-6-20-10-15-36-24-5-3-2-4-21(24)27(34)31-12-11-30(19-8-13-35-14-9-19)17-23(31)26(33)28-16-25(22)37-20/h2-5,19-20,22-23,25H,6-17H2,1H3,(H,28,33)(H,29,32)/t20-,22+,23-,25+/m0/s1. The van der Waals surface area contributed by atoms with Crippen LogP contribution in [0.1, 0.15) is 49.4 Å². The molecule has 3 fully saturated rings. The van der Waals surface area contributed by atoms with E-state index in [9.17, 15) is 14.4 Å². The number of carbonyl (C=O) groups excluding carboxylic acids is 3. The molecule has 10 nitrogen and oxygen atoms in total. The number of carbonyl (C=O) groups is 3. The van der Waals surface area contributed by atoms with E-state index >= 15 is 0 Å². The summed E-state index contributed by atoms with van der Waals surface area (Å²) < 4.78 is 18.0. The van der Waals surface area contributed by atoms with Crippen molar-refractivity contribution in [1.29, 1.82) is 0 Å². The molecular formula is C27H38N4O6. The van der Waals surface area contributed by atoms with E-state index in [-0.39, 0.29) is 42.5 Å². The lowest BCUT2D eigenvalue weighted by Crippen LogP contribution is -2.63. The Morgan fingerprint density at radius 2 is 1.84 bits per heavy atom. The van der Waals surface area contributed by atoms with Crippen molar-refractivity contribution < 1.29 is 28.6 Å². The number of nitrogens with one attached hydrogen (secondary N) is 2. The molecule has 1 aromatic rings. The van der Waals surface area contributed by atoms with Crippen LogP contribution in [0.4, 0.5) is 0 Å². The smallest absolute Gasteiger partial charge is 0.258 e. The van der Waals surface area contributed by atoms with Crippen molar-refractivity contribution in [2.75, 3.05) is 46.0 Å². The number of hydrogen-bond acceptors (Lipinski definition) is 7. The Labute approximate surface area is 218 Å². The van der Waals surface area contributed by atoms with Crippen molar-refractivity contribution in [3.8, 4) is 5.75 Å². The number of fused-ring (bicyclic) bond motifs is 4. The van der Waals surface area contributed by atoms with Gasteiger partial charge in [0.15, 0.2) is 0 Å². The highest BCUT2D eigenvalue weighted by atomic mass is 16.5. The van der Waals surface area contributed by atoms with Gasteiger partial charge in [-0.3, -0.25) is 19.3 Å². The number of para-hydroxylation sites is 1. The van der Waals surface area contributed by atoms with E-state index in [2.05, 4.69) is 15.5 Å². The second-order valence-corrected chi connectivity index (χ2v) is 10.4. The van der Waals surface area contributed by atoms with E-state index in [1.807, 2.05) is 18.2 Å². The van der Waals surface area contributed by atoms with Crippen LogP contribution >= 0.6 is 0 Å². The summed E-state index contributed by atoms with van der Waals surface area (Å²) in [7, 11) is 0. The van der Waals surface area contributed by atoms with E-state index in [1.54, 1.807) is 11.0 Å². The van der Waals surface area contributed by atoms with E-state index in [0.717, 1.165) is 38.9 Å². The molecule has 202 valence electrons. The Balaban J connectivity index is 1.41. The van der Waals surface area contributed by atoms with Gasteiger partial charge in [-0.2, -0.15) is 0 Å². The Kier molecular flexibility index (Phi) is 8.26. The van der Waals surface area contributed by atoms with Crippen molar-refractivity contribution in [3.05, 3.63) is 29.8 Å². The molecule has 0 saturated carbocycles. The van der Waals surface area contributed by atoms with E-state index < -0.39 is 6.04 Å². The number of hydrogen-bond donors (Lipinski definition) is 2. The molecular weight excluding hydrogens is 476 g/mol. The third-order valence-electron chi connectivity index (χ3n) is 7.98. The first-order valence-corrected chi connectivity index (χ1v) is 13.5. The van der Waals surface area contributed by atoms with Crippen molar-refractivity contribution in [1.82, 2.24) is 20.4 Å². The second-order valence-electron chi connectivity index (χ2n) is 10.4. The predicted molar refractivity (Wildman–Crippen MR) is 135 cm³/mol. The lowest BCUT2D eigenvalue weighted by molar-refractivity contribution is -0.131. The van der Waals surface area contributed by atoms with Gasteiger partial charge in [0.1, 0.15) is 11.8 Å². The lowest BCUT2D eigenvalue weighted by Gasteiger charge is -2.45. The second kappa shape index (κ2) is 11.8. The third kappa shape index (κ3) is 6.08. The summed E-state index contributed by atoms with van der Waals surface area (Å²) in [6, 6.07) is 6.79.